The van der Waals surface area contributed by atoms with E-state index in [1.54, 1.807) is 5.38 Å². The fraction of sp³-hybridized carbons (Fsp3) is 0.500. The van der Waals surface area contributed by atoms with Crippen LogP contribution in [0.4, 0.5) is 0 Å². The van der Waals surface area contributed by atoms with E-state index in [1.165, 1.54) is 11.3 Å². The van der Waals surface area contributed by atoms with Crippen LogP contribution in [0.25, 0.3) is 0 Å². The van der Waals surface area contributed by atoms with E-state index in [9.17, 15) is 4.79 Å². The van der Waals surface area contributed by atoms with E-state index in [0.29, 0.717) is 11.4 Å². The van der Waals surface area contributed by atoms with E-state index < -0.39 is 5.97 Å². The van der Waals surface area contributed by atoms with Crippen LogP contribution >= 0.6 is 11.3 Å². The lowest BCUT2D eigenvalue weighted by Crippen LogP contribution is -2.16. The average molecular weight is 229 g/mol. The number of carboxylic acids is 1. The van der Waals surface area contributed by atoms with Gasteiger partial charge in [0.2, 0.25) is 0 Å². The largest absolute Gasteiger partial charge is 0.477 e. The molecule has 1 aromatic heterocycles. The molecule has 1 heterocycles. The number of unbranched alkanes of at least 4 members (excludes halogenated alkanes) is 1. The molecule has 0 aliphatic heterocycles. The lowest BCUT2D eigenvalue weighted by atomic mass is 10.2. The molecule has 0 aliphatic carbocycles. The number of carboxylic acid groups (broad SMARTS) is 1. The molecule has 0 fully saturated rings. The molecule has 0 amide bonds. The van der Waals surface area contributed by atoms with Crippen LogP contribution in [-0.2, 0) is 6.54 Å². The summed E-state index contributed by atoms with van der Waals surface area (Å²) in [7, 11) is 0. The summed E-state index contributed by atoms with van der Waals surface area (Å²) in [6.07, 6.45) is 1.69. The van der Waals surface area contributed by atoms with Gasteiger partial charge in [0.1, 0.15) is 4.88 Å². The molecule has 0 saturated carbocycles. The van der Waals surface area contributed by atoms with Crippen LogP contribution < -0.4 is 5.32 Å². The number of carbonyl (C=O) groups is 1. The van der Waals surface area contributed by atoms with Crippen molar-refractivity contribution in [1.82, 2.24) is 5.32 Å². The zero-order valence-corrected chi connectivity index (χ0v) is 9.22. The second kappa shape index (κ2) is 6.55. The van der Waals surface area contributed by atoms with Gasteiger partial charge in [-0.2, -0.15) is 0 Å². The van der Waals surface area contributed by atoms with Gasteiger partial charge >= 0.3 is 5.97 Å². The molecule has 3 N–H and O–H groups in total. The van der Waals surface area contributed by atoms with Crippen LogP contribution in [0.15, 0.2) is 11.4 Å². The van der Waals surface area contributed by atoms with Gasteiger partial charge in [-0.1, -0.05) is 0 Å². The summed E-state index contributed by atoms with van der Waals surface area (Å²) in [5, 5.41) is 22.3. The monoisotopic (exact) mass is 229 g/mol. The third-order valence-electron chi connectivity index (χ3n) is 2.02. The van der Waals surface area contributed by atoms with Gasteiger partial charge in [-0.05, 0) is 36.4 Å². The normalized spacial score (nSPS) is 10.5. The lowest BCUT2D eigenvalue weighted by Gasteiger charge is -2.03. The summed E-state index contributed by atoms with van der Waals surface area (Å²) in [4.78, 5) is 11.2. The van der Waals surface area contributed by atoms with Gasteiger partial charge in [-0.25, -0.2) is 4.79 Å². The van der Waals surface area contributed by atoms with E-state index >= 15 is 0 Å². The summed E-state index contributed by atoms with van der Waals surface area (Å²) in [5.41, 5.74) is 0.830. The smallest absolute Gasteiger partial charge is 0.346 e. The SMILES string of the molecule is O=C(O)c1sccc1CNCCCCO. The minimum Gasteiger partial charge on any atom is -0.477 e. The molecule has 0 spiro atoms. The van der Waals surface area contributed by atoms with Crippen molar-refractivity contribution in [2.75, 3.05) is 13.2 Å². The van der Waals surface area contributed by atoms with Crippen molar-refractivity contribution in [1.29, 1.82) is 0 Å². The van der Waals surface area contributed by atoms with Crippen molar-refractivity contribution in [2.24, 2.45) is 0 Å². The molecule has 0 aromatic carbocycles. The highest BCUT2D eigenvalue weighted by atomic mass is 32.1. The molecule has 84 valence electrons. The zero-order chi connectivity index (χ0) is 11.1. The van der Waals surface area contributed by atoms with Crippen LogP contribution in [0.3, 0.4) is 0 Å². The molecular formula is C10H15NO3S. The van der Waals surface area contributed by atoms with Gasteiger partial charge < -0.3 is 15.5 Å². The summed E-state index contributed by atoms with van der Waals surface area (Å²) >= 11 is 1.25. The van der Waals surface area contributed by atoms with Crippen molar-refractivity contribution >= 4 is 17.3 Å². The Kier molecular flexibility index (Phi) is 5.31. The minimum absolute atomic E-state index is 0.209. The van der Waals surface area contributed by atoms with Gasteiger partial charge in [0.05, 0.1) is 0 Å². The fourth-order valence-corrected chi connectivity index (χ4v) is 2.01. The lowest BCUT2D eigenvalue weighted by molar-refractivity contribution is 0.0701. The molecule has 0 saturated heterocycles. The fourth-order valence-electron chi connectivity index (χ4n) is 1.25. The predicted molar refractivity (Wildman–Crippen MR) is 59.3 cm³/mol. The quantitative estimate of drug-likeness (QED) is 0.617. The molecular weight excluding hydrogens is 214 g/mol. The Hall–Kier alpha value is -0.910. The van der Waals surface area contributed by atoms with Crippen LogP contribution in [0.2, 0.25) is 0 Å². The van der Waals surface area contributed by atoms with Gasteiger partial charge in [0.25, 0.3) is 0 Å². The Morgan fingerprint density at radius 2 is 2.27 bits per heavy atom. The highest BCUT2D eigenvalue weighted by Gasteiger charge is 2.10. The standard InChI is InChI=1S/C10H15NO3S/c12-5-2-1-4-11-7-8-3-6-15-9(8)10(13)14/h3,6,11-12H,1-2,4-5,7H2,(H,13,14). The first-order valence-corrected chi connectivity index (χ1v) is 5.75. The first kappa shape index (κ1) is 12.2. The molecule has 15 heavy (non-hydrogen) atoms. The highest BCUT2D eigenvalue weighted by Crippen LogP contribution is 2.16. The third kappa shape index (κ3) is 3.99. The second-order valence-corrected chi connectivity index (χ2v) is 4.10. The van der Waals surface area contributed by atoms with E-state index in [2.05, 4.69) is 5.32 Å². The first-order chi connectivity index (χ1) is 7.25. The number of aromatic carboxylic acids is 1. The number of aliphatic hydroxyl groups is 1. The highest BCUT2D eigenvalue weighted by molar-refractivity contribution is 7.12. The van der Waals surface area contributed by atoms with Gasteiger partial charge in [0.15, 0.2) is 0 Å². The molecule has 0 radical (unpaired) electrons. The van der Waals surface area contributed by atoms with Gasteiger partial charge in [-0.15, -0.1) is 11.3 Å². The topological polar surface area (TPSA) is 69.6 Å². The molecule has 1 rings (SSSR count). The van der Waals surface area contributed by atoms with Crippen molar-refractivity contribution in [3.05, 3.63) is 21.9 Å². The van der Waals surface area contributed by atoms with Crippen molar-refractivity contribution in [2.45, 2.75) is 19.4 Å². The maximum atomic E-state index is 10.8. The van der Waals surface area contributed by atoms with Gasteiger partial charge in [-0.3, -0.25) is 0 Å². The Labute approximate surface area is 92.6 Å². The molecule has 4 nitrogen and oxygen atoms in total. The van der Waals surface area contributed by atoms with Crippen LogP contribution in [0.5, 0.6) is 0 Å². The number of thiophene rings is 1. The molecule has 1 aromatic rings. The summed E-state index contributed by atoms with van der Waals surface area (Å²) in [5.74, 6) is -0.864. The van der Waals surface area contributed by atoms with E-state index in [4.69, 9.17) is 10.2 Å². The molecule has 0 atom stereocenters. The van der Waals surface area contributed by atoms with Crippen molar-refractivity contribution in [3.63, 3.8) is 0 Å². The Morgan fingerprint density at radius 1 is 1.47 bits per heavy atom. The van der Waals surface area contributed by atoms with Crippen molar-refractivity contribution in [3.8, 4) is 0 Å². The predicted octanol–water partition coefficient (Wildman–Crippen LogP) is 1.31. The number of nitrogens with one attached hydrogen (secondary N) is 1. The minimum atomic E-state index is -0.864. The Morgan fingerprint density at radius 3 is 2.93 bits per heavy atom. The van der Waals surface area contributed by atoms with E-state index in [-0.39, 0.29) is 6.61 Å². The molecule has 5 heteroatoms. The van der Waals surface area contributed by atoms with Crippen LogP contribution in [0.1, 0.15) is 28.1 Å². The summed E-state index contributed by atoms with van der Waals surface area (Å²) < 4.78 is 0. The Balaban J connectivity index is 2.31. The number of hydrogen-bond donors (Lipinski definition) is 3. The van der Waals surface area contributed by atoms with Crippen molar-refractivity contribution < 1.29 is 15.0 Å². The zero-order valence-electron chi connectivity index (χ0n) is 8.40. The number of aliphatic hydroxyl groups excluding tert-OH is 1. The average Bonchev–Trinajstić information content (AvgIpc) is 2.66. The van der Waals surface area contributed by atoms with E-state index in [1.807, 2.05) is 6.07 Å². The molecule has 0 bridgehead atoms. The second-order valence-electron chi connectivity index (χ2n) is 3.19. The first-order valence-electron chi connectivity index (χ1n) is 4.87. The maximum Gasteiger partial charge on any atom is 0.346 e. The van der Waals surface area contributed by atoms with E-state index in [0.717, 1.165) is 24.9 Å². The number of rotatable bonds is 7. The number of hydrogen-bond acceptors (Lipinski definition) is 4. The summed E-state index contributed by atoms with van der Waals surface area (Å²) in [6.45, 7) is 1.59. The molecule has 0 aliphatic rings. The Bertz CT molecular complexity index is 311. The molecule has 0 unspecified atom stereocenters. The van der Waals surface area contributed by atoms with Gasteiger partial charge in [0, 0.05) is 13.2 Å². The third-order valence-corrected chi connectivity index (χ3v) is 2.96. The maximum absolute atomic E-state index is 10.8. The summed E-state index contributed by atoms with van der Waals surface area (Å²) in [6, 6.07) is 1.83. The van der Waals surface area contributed by atoms with Crippen LogP contribution in [-0.4, -0.2) is 29.3 Å². The van der Waals surface area contributed by atoms with Crippen LogP contribution in [0, 0.1) is 0 Å².